The van der Waals surface area contributed by atoms with Gasteiger partial charge in [-0.3, -0.25) is 4.79 Å². The molecule has 2 aromatic carbocycles. The highest BCUT2D eigenvalue weighted by molar-refractivity contribution is 7.91. The minimum atomic E-state index is -3.39. The standard InChI is InChI=1S/C23H22ClFN2O4S/c1-3-32(30,31)18-8-4-15(5-9-18)20(19-10-7-17(24)12-21(19)25)13-22(26-29)16-6-11-23(28)27(2)14-16/h4-12,14,20,29H,3,13H2,1-2H3. The van der Waals surface area contributed by atoms with Crippen LogP contribution in [-0.4, -0.2) is 29.7 Å². The lowest BCUT2D eigenvalue weighted by Crippen LogP contribution is -2.18. The second-order valence-corrected chi connectivity index (χ2v) is 10.0. The van der Waals surface area contributed by atoms with E-state index in [9.17, 15) is 22.8 Å². The Morgan fingerprint density at radius 1 is 1.16 bits per heavy atom. The van der Waals surface area contributed by atoms with Crippen LogP contribution in [0.25, 0.3) is 0 Å². The fraction of sp³-hybridized carbons (Fsp3) is 0.217. The number of hydrogen-bond donors (Lipinski definition) is 1. The molecular formula is C23H22ClFN2O4S. The topological polar surface area (TPSA) is 88.7 Å². The highest BCUT2D eigenvalue weighted by Gasteiger charge is 2.23. The molecule has 9 heteroatoms. The molecular weight excluding hydrogens is 455 g/mol. The van der Waals surface area contributed by atoms with E-state index in [1.165, 1.54) is 41.1 Å². The lowest BCUT2D eigenvalue weighted by Gasteiger charge is -2.20. The van der Waals surface area contributed by atoms with E-state index in [1.54, 1.807) is 38.2 Å². The van der Waals surface area contributed by atoms with Crippen molar-refractivity contribution in [2.75, 3.05) is 5.75 Å². The molecule has 1 heterocycles. The minimum absolute atomic E-state index is 0.0321. The first-order valence-corrected chi connectivity index (χ1v) is 11.8. The first kappa shape index (κ1) is 23.7. The maximum atomic E-state index is 14.9. The Morgan fingerprint density at radius 2 is 1.84 bits per heavy atom. The van der Waals surface area contributed by atoms with Gasteiger partial charge in [-0.1, -0.05) is 41.9 Å². The van der Waals surface area contributed by atoms with Crippen molar-refractivity contribution < 1.29 is 18.0 Å². The first-order valence-electron chi connectivity index (χ1n) is 9.82. The number of pyridine rings is 1. The molecule has 0 saturated carbocycles. The molecule has 1 N–H and O–H groups in total. The van der Waals surface area contributed by atoms with Crippen molar-refractivity contribution in [2.45, 2.75) is 24.2 Å². The molecule has 0 fully saturated rings. The molecule has 1 aromatic heterocycles. The monoisotopic (exact) mass is 476 g/mol. The summed E-state index contributed by atoms with van der Waals surface area (Å²) in [4.78, 5) is 11.9. The Labute approximate surface area is 190 Å². The van der Waals surface area contributed by atoms with E-state index in [0.717, 1.165) is 0 Å². The zero-order chi connectivity index (χ0) is 23.5. The molecule has 0 bridgehead atoms. The highest BCUT2D eigenvalue weighted by Crippen LogP contribution is 2.33. The molecule has 168 valence electrons. The van der Waals surface area contributed by atoms with Crippen LogP contribution >= 0.6 is 11.6 Å². The maximum Gasteiger partial charge on any atom is 0.250 e. The Hall–Kier alpha value is -2.97. The molecule has 1 atom stereocenters. The van der Waals surface area contributed by atoms with Crippen LogP contribution < -0.4 is 5.56 Å². The first-order chi connectivity index (χ1) is 15.2. The molecule has 3 aromatic rings. The lowest BCUT2D eigenvalue weighted by atomic mass is 9.85. The number of aryl methyl sites for hydroxylation is 1. The fourth-order valence-corrected chi connectivity index (χ4v) is 4.48. The normalized spacial score (nSPS) is 13.2. The number of oxime groups is 1. The van der Waals surface area contributed by atoms with Gasteiger partial charge in [0.05, 0.1) is 16.4 Å². The van der Waals surface area contributed by atoms with Crippen molar-refractivity contribution in [1.82, 2.24) is 4.57 Å². The quantitative estimate of drug-likeness (QED) is 0.311. The maximum absolute atomic E-state index is 14.9. The smallest absolute Gasteiger partial charge is 0.250 e. The van der Waals surface area contributed by atoms with Crippen molar-refractivity contribution >= 4 is 27.1 Å². The third-order valence-electron chi connectivity index (χ3n) is 5.30. The van der Waals surface area contributed by atoms with E-state index in [4.69, 9.17) is 11.6 Å². The number of nitrogens with zero attached hydrogens (tertiary/aromatic N) is 2. The van der Waals surface area contributed by atoms with Crippen LogP contribution in [0.3, 0.4) is 0 Å². The molecule has 0 aliphatic heterocycles. The van der Waals surface area contributed by atoms with Gasteiger partial charge in [-0.2, -0.15) is 0 Å². The van der Waals surface area contributed by atoms with Crippen LogP contribution in [0, 0.1) is 5.82 Å². The van der Waals surface area contributed by atoms with E-state index >= 15 is 0 Å². The van der Waals surface area contributed by atoms with Crippen LogP contribution in [0.5, 0.6) is 0 Å². The molecule has 32 heavy (non-hydrogen) atoms. The number of halogens is 2. The number of sulfone groups is 1. The molecule has 0 aliphatic rings. The van der Waals surface area contributed by atoms with E-state index in [2.05, 4.69) is 5.16 Å². The Kier molecular flexibility index (Phi) is 7.16. The van der Waals surface area contributed by atoms with Crippen molar-refractivity contribution in [1.29, 1.82) is 0 Å². The SMILES string of the molecule is CCS(=O)(=O)c1ccc(C(CC(=NO)c2ccc(=O)n(C)c2)c2ccc(Cl)cc2F)cc1. The van der Waals surface area contributed by atoms with Gasteiger partial charge in [0.2, 0.25) is 5.56 Å². The zero-order valence-corrected chi connectivity index (χ0v) is 19.1. The van der Waals surface area contributed by atoms with Crippen LogP contribution in [0.1, 0.15) is 36.0 Å². The van der Waals surface area contributed by atoms with E-state index in [1.807, 2.05) is 0 Å². The second-order valence-electron chi connectivity index (χ2n) is 7.31. The molecule has 0 saturated heterocycles. The van der Waals surface area contributed by atoms with Gasteiger partial charge >= 0.3 is 0 Å². The number of aromatic nitrogens is 1. The van der Waals surface area contributed by atoms with E-state index in [-0.39, 0.29) is 33.4 Å². The van der Waals surface area contributed by atoms with Gasteiger partial charge in [0, 0.05) is 42.2 Å². The molecule has 0 amide bonds. The molecule has 6 nitrogen and oxygen atoms in total. The minimum Gasteiger partial charge on any atom is -0.411 e. The van der Waals surface area contributed by atoms with Crippen molar-refractivity contribution in [3.8, 4) is 0 Å². The second kappa shape index (κ2) is 9.67. The van der Waals surface area contributed by atoms with Crippen molar-refractivity contribution in [3.05, 3.63) is 98.7 Å². The third kappa shape index (κ3) is 5.08. The number of rotatable bonds is 7. The van der Waals surface area contributed by atoms with Gasteiger partial charge in [-0.05, 0) is 41.5 Å². The van der Waals surface area contributed by atoms with Crippen LogP contribution in [0.4, 0.5) is 4.39 Å². The van der Waals surface area contributed by atoms with Gasteiger partial charge < -0.3 is 9.77 Å². The number of hydrogen-bond acceptors (Lipinski definition) is 5. The highest BCUT2D eigenvalue weighted by atomic mass is 35.5. The summed E-state index contributed by atoms with van der Waals surface area (Å²) >= 11 is 5.91. The Balaban J connectivity index is 2.08. The summed E-state index contributed by atoms with van der Waals surface area (Å²) in [5, 5.41) is 13.3. The van der Waals surface area contributed by atoms with Crippen LogP contribution in [-0.2, 0) is 16.9 Å². The predicted octanol–water partition coefficient (Wildman–Crippen LogP) is 4.37. The van der Waals surface area contributed by atoms with Gasteiger partial charge in [0.1, 0.15) is 5.82 Å². The summed E-state index contributed by atoms with van der Waals surface area (Å²) in [5.74, 6) is -1.17. The third-order valence-corrected chi connectivity index (χ3v) is 7.28. The van der Waals surface area contributed by atoms with Crippen LogP contribution in [0.2, 0.25) is 5.02 Å². The molecule has 1 unspecified atom stereocenters. The molecule has 0 radical (unpaired) electrons. The Bertz CT molecular complexity index is 1320. The van der Waals surface area contributed by atoms with E-state index < -0.39 is 21.6 Å². The predicted molar refractivity (Wildman–Crippen MR) is 122 cm³/mol. The fourth-order valence-electron chi connectivity index (χ4n) is 3.44. The molecule has 0 aliphatic carbocycles. The molecule has 3 rings (SSSR count). The van der Waals surface area contributed by atoms with Gasteiger partial charge in [0.15, 0.2) is 9.84 Å². The molecule has 0 spiro atoms. The summed E-state index contributed by atoms with van der Waals surface area (Å²) in [6, 6.07) is 13.4. The summed E-state index contributed by atoms with van der Waals surface area (Å²) in [7, 11) is -1.81. The number of benzene rings is 2. The lowest BCUT2D eigenvalue weighted by molar-refractivity contribution is 0.317. The average molecular weight is 477 g/mol. The summed E-state index contributed by atoms with van der Waals surface area (Å²) in [5.41, 5.74) is 1.46. The van der Waals surface area contributed by atoms with Gasteiger partial charge in [-0.25, -0.2) is 12.8 Å². The Morgan fingerprint density at radius 3 is 2.41 bits per heavy atom. The average Bonchev–Trinajstić information content (AvgIpc) is 2.77. The van der Waals surface area contributed by atoms with Crippen molar-refractivity contribution in [2.24, 2.45) is 12.2 Å². The van der Waals surface area contributed by atoms with Crippen molar-refractivity contribution in [3.63, 3.8) is 0 Å². The largest absolute Gasteiger partial charge is 0.411 e. The zero-order valence-electron chi connectivity index (χ0n) is 17.5. The van der Waals surface area contributed by atoms with Crippen LogP contribution in [0.15, 0.2) is 75.6 Å². The summed E-state index contributed by atoms with van der Waals surface area (Å²) in [6.45, 7) is 1.56. The summed E-state index contributed by atoms with van der Waals surface area (Å²) < 4.78 is 40.5. The van der Waals surface area contributed by atoms with Gasteiger partial charge in [0.25, 0.3) is 0 Å². The van der Waals surface area contributed by atoms with E-state index in [0.29, 0.717) is 16.7 Å². The van der Waals surface area contributed by atoms with Gasteiger partial charge in [-0.15, -0.1) is 0 Å². The summed E-state index contributed by atoms with van der Waals surface area (Å²) in [6.07, 6.45) is 1.62.